The highest BCUT2D eigenvalue weighted by atomic mass is 16.5. The predicted molar refractivity (Wildman–Crippen MR) is 138 cm³/mol. The zero-order chi connectivity index (χ0) is 26.5. The maximum Gasteiger partial charge on any atom is 0.295 e. The van der Waals surface area contributed by atoms with Crippen molar-refractivity contribution in [3.05, 3.63) is 89.0 Å². The molecule has 1 aliphatic heterocycles. The van der Waals surface area contributed by atoms with Gasteiger partial charge in [0, 0.05) is 6.54 Å². The van der Waals surface area contributed by atoms with Gasteiger partial charge < -0.3 is 29.0 Å². The van der Waals surface area contributed by atoms with Crippen LogP contribution in [0.4, 0.5) is 0 Å². The molecule has 0 radical (unpaired) electrons. The lowest BCUT2D eigenvalue weighted by Crippen LogP contribution is -2.31. The molecule has 0 aliphatic carbocycles. The van der Waals surface area contributed by atoms with E-state index in [4.69, 9.17) is 18.9 Å². The van der Waals surface area contributed by atoms with Crippen LogP contribution >= 0.6 is 0 Å². The van der Waals surface area contributed by atoms with Crippen LogP contribution in [0.25, 0.3) is 5.76 Å². The third kappa shape index (κ3) is 4.82. The molecule has 0 saturated carbocycles. The Kier molecular flexibility index (Phi) is 7.67. The van der Waals surface area contributed by atoms with E-state index in [2.05, 4.69) is 0 Å². The molecule has 1 unspecified atom stereocenters. The fraction of sp³-hybridized carbons (Fsp3) is 0.241. The summed E-state index contributed by atoms with van der Waals surface area (Å²) in [5, 5.41) is 11.5. The van der Waals surface area contributed by atoms with Crippen LogP contribution in [0.15, 0.2) is 72.3 Å². The fourth-order valence-electron chi connectivity index (χ4n) is 4.60. The van der Waals surface area contributed by atoms with Gasteiger partial charge in [0.2, 0.25) is 0 Å². The molecule has 3 aromatic rings. The lowest BCUT2D eigenvalue weighted by atomic mass is 9.94. The van der Waals surface area contributed by atoms with Crippen LogP contribution in [-0.2, 0) is 16.0 Å². The van der Waals surface area contributed by atoms with Crippen molar-refractivity contribution in [3.8, 4) is 23.0 Å². The molecule has 37 heavy (non-hydrogen) atoms. The number of hydrogen-bond donors (Lipinski definition) is 1. The summed E-state index contributed by atoms with van der Waals surface area (Å²) in [7, 11) is 6.04. The Morgan fingerprint density at radius 3 is 2.00 bits per heavy atom. The number of nitrogens with zero attached hydrogens (tertiary/aromatic N) is 1. The van der Waals surface area contributed by atoms with E-state index in [1.165, 1.54) is 19.1 Å². The van der Waals surface area contributed by atoms with Crippen LogP contribution in [0.5, 0.6) is 23.0 Å². The number of hydrogen-bond acceptors (Lipinski definition) is 7. The molecule has 192 valence electrons. The van der Waals surface area contributed by atoms with Crippen molar-refractivity contribution in [1.82, 2.24) is 4.90 Å². The standard InChI is InChI=1S/C29H29NO7/c1-34-20-14-13-18(17-23(20)37-4)15-16-30-26(19-9-6-5-7-10-19)25(28(32)29(30)33)27(31)24-21(35-2)11-8-12-22(24)36-3/h5-14,17,26,31H,15-16H2,1-4H3/b27-25+. The van der Waals surface area contributed by atoms with E-state index in [1.807, 2.05) is 42.5 Å². The number of carbonyl (C=O) groups is 2. The molecule has 0 bridgehead atoms. The second-order valence-electron chi connectivity index (χ2n) is 8.38. The molecule has 1 heterocycles. The molecule has 3 aromatic carbocycles. The van der Waals surface area contributed by atoms with E-state index in [0.29, 0.717) is 35.0 Å². The van der Waals surface area contributed by atoms with Gasteiger partial charge in [-0.05, 0) is 41.8 Å². The molecule has 0 aromatic heterocycles. The van der Waals surface area contributed by atoms with Crippen LogP contribution in [0.1, 0.15) is 22.7 Å². The van der Waals surface area contributed by atoms with E-state index in [1.54, 1.807) is 38.5 Å². The monoisotopic (exact) mass is 503 g/mol. The first kappa shape index (κ1) is 25.6. The summed E-state index contributed by atoms with van der Waals surface area (Å²) >= 11 is 0. The molecule has 0 spiro atoms. The Hall–Kier alpha value is -4.46. The predicted octanol–water partition coefficient (Wildman–Crippen LogP) is 4.39. The van der Waals surface area contributed by atoms with E-state index in [-0.39, 0.29) is 23.4 Å². The topological polar surface area (TPSA) is 94.5 Å². The smallest absolute Gasteiger partial charge is 0.295 e. The first-order valence-electron chi connectivity index (χ1n) is 11.7. The van der Waals surface area contributed by atoms with Gasteiger partial charge in [-0.3, -0.25) is 9.59 Å². The zero-order valence-electron chi connectivity index (χ0n) is 21.2. The minimum atomic E-state index is -0.795. The number of aliphatic hydroxyl groups excluding tert-OH is 1. The molecule has 1 amide bonds. The van der Waals surface area contributed by atoms with Gasteiger partial charge in [-0.15, -0.1) is 0 Å². The van der Waals surface area contributed by atoms with Crippen molar-refractivity contribution >= 4 is 17.4 Å². The molecule has 8 nitrogen and oxygen atoms in total. The summed E-state index contributed by atoms with van der Waals surface area (Å²) < 4.78 is 21.6. The molecular weight excluding hydrogens is 474 g/mol. The lowest BCUT2D eigenvalue weighted by Gasteiger charge is -2.26. The number of rotatable bonds is 9. The average Bonchev–Trinajstić information content (AvgIpc) is 3.20. The van der Waals surface area contributed by atoms with Crippen LogP contribution in [-0.4, -0.2) is 56.7 Å². The number of ketones is 1. The maximum absolute atomic E-state index is 13.4. The number of benzene rings is 3. The third-order valence-electron chi connectivity index (χ3n) is 6.41. The van der Waals surface area contributed by atoms with Crippen molar-refractivity contribution < 1.29 is 33.6 Å². The average molecular weight is 504 g/mol. The number of Topliss-reactive ketones (excluding diaryl/α,β-unsaturated/α-hetero) is 1. The summed E-state index contributed by atoms with van der Waals surface area (Å²) in [6, 6.07) is 18.9. The second-order valence-corrected chi connectivity index (χ2v) is 8.38. The molecule has 8 heteroatoms. The summed E-state index contributed by atoms with van der Waals surface area (Å²) in [5.74, 6) is -0.00136. The molecule has 1 saturated heterocycles. The largest absolute Gasteiger partial charge is 0.506 e. The molecule has 1 N–H and O–H groups in total. The lowest BCUT2D eigenvalue weighted by molar-refractivity contribution is -0.139. The Morgan fingerprint density at radius 2 is 1.41 bits per heavy atom. The first-order valence-corrected chi connectivity index (χ1v) is 11.7. The number of likely N-dealkylation sites (tertiary alicyclic amines) is 1. The van der Waals surface area contributed by atoms with Gasteiger partial charge in [0.1, 0.15) is 22.8 Å². The van der Waals surface area contributed by atoms with Crippen LogP contribution in [0.2, 0.25) is 0 Å². The number of methoxy groups -OCH3 is 4. The van der Waals surface area contributed by atoms with E-state index in [0.717, 1.165) is 5.56 Å². The van der Waals surface area contributed by atoms with Crippen LogP contribution in [0, 0.1) is 0 Å². The number of amides is 1. The van der Waals surface area contributed by atoms with Crippen LogP contribution < -0.4 is 18.9 Å². The van der Waals surface area contributed by atoms with Gasteiger partial charge in [-0.1, -0.05) is 42.5 Å². The van der Waals surface area contributed by atoms with Crippen LogP contribution in [0.3, 0.4) is 0 Å². The van der Waals surface area contributed by atoms with Gasteiger partial charge in [0.05, 0.1) is 40.1 Å². The van der Waals surface area contributed by atoms with E-state index < -0.39 is 17.7 Å². The highest BCUT2D eigenvalue weighted by Crippen LogP contribution is 2.43. The second kappa shape index (κ2) is 11.1. The summed E-state index contributed by atoms with van der Waals surface area (Å²) in [5.41, 5.74) is 1.79. The van der Waals surface area contributed by atoms with Gasteiger partial charge in [0.25, 0.3) is 11.7 Å². The quantitative estimate of drug-likeness (QED) is 0.263. The van der Waals surface area contributed by atoms with Crippen molar-refractivity contribution in [2.24, 2.45) is 0 Å². The van der Waals surface area contributed by atoms with Gasteiger partial charge in [0.15, 0.2) is 11.5 Å². The SMILES string of the molecule is COc1ccc(CCN2C(=O)C(=O)/C(=C(/O)c3c(OC)cccc3OC)C2c2ccccc2)cc1OC. The van der Waals surface area contributed by atoms with Crippen molar-refractivity contribution in [2.75, 3.05) is 35.0 Å². The zero-order valence-corrected chi connectivity index (χ0v) is 21.2. The molecular formula is C29H29NO7. The van der Waals surface area contributed by atoms with Gasteiger partial charge in [-0.25, -0.2) is 0 Å². The number of aliphatic hydroxyl groups is 1. The third-order valence-corrected chi connectivity index (χ3v) is 6.41. The molecule has 1 fully saturated rings. The Labute approximate surface area is 215 Å². The Bertz CT molecular complexity index is 1310. The highest BCUT2D eigenvalue weighted by Gasteiger charge is 2.46. The maximum atomic E-state index is 13.4. The minimum Gasteiger partial charge on any atom is -0.506 e. The number of carbonyl (C=O) groups excluding carboxylic acids is 2. The van der Waals surface area contributed by atoms with Crippen molar-refractivity contribution in [3.63, 3.8) is 0 Å². The van der Waals surface area contributed by atoms with Gasteiger partial charge >= 0.3 is 0 Å². The number of ether oxygens (including phenoxy) is 4. The first-order chi connectivity index (χ1) is 17.9. The van der Waals surface area contributed by atoms with Crippen molar-refractivity contribution in [2.45, 2.75) is 12.5 Å². The Balaban J connectivity index is 1.79. The van der Waals surface area contributed by atoms with Gasteiger partial charge in [-0.2, -0.15) is 0 Å². The normalized spacial score (nSPS) is 16.5. The fourth-order valence-corrected chi connectivity index (χ4v) is 4.60. The highest BCUT2D eigenvalue weighted by molar-refractivity contribution is 6.46. The van der Waals surface area contributed by atoms with Crippen molar-refractivity contribution in [1.29, 1.82) is 0 Å². The molecule has 4 rings (SSSR count). The van der Waals surface area contributed by atoms with E-state index >= 15 is 0 Å². The summed E-state index contributed by atoms with van der Waals surface area (Å²) in [4.78, 5) is 28.2. The van der Waals surface area contributed by atoms with E-state index in [9.17, 15) is 14.7 Å². The molecule has 1 aliphatic rings. The minimum absolute atomic E-state index is 0.0219. The summed E-state index contributed by atoms with van der Waals surface area (Å²) in [6.07, 6.45) is 0.453. The Morgan fingerprint density at radius 1 is 0.784 bits per heavy atom. The summed E-state index contributed by atoms with van der Waals surface area (Å²) in [6.45, 7) is 0.236. The molecule has 1 atom stereocenters.